The van der Waals surface area contributed by atoms with E-state index in [0.717, 1.165) is 30.1 Å². The molecular weight excluding hydrogens is 222 g/mol. The maximum atomic E-state index is 6.18. The van der Waals surface area contributed by atoms with Gasteiger partial charge in [-0.25, -0.2) is 0 Å². The van der Waals surface area contributed by atoms with E-state index in [1.165, 1.54) is 0 Å². The van der Waals surface area contributed by atoms with Crippen molar-refractivity contribution >= 4 is 11.6 Å². The number of hydrogen-bond acceptors (Lipinski definition) is 2. The van der Waals surface area contributed by atoms with Crippen LogP contribution in [0.15, 0.2) is 6.20 Å². The third kappa shape index (κ3) is 3.49. The summed E-state index contributed by atoms with van der Waals surface area (Å²) in [6.07, 6.45) is 3.93. The third-order valence-corrected chi connectivity index (χ3v) is 2.91. The number of rotatable bonds is 6. The highest BCUT2D eigenvalue weighted by Gasteiger charge is 2.19. The molecule has 0 radical (unpaired) electrons. The van der Waals surface area contributed by atoms with E-state index in [4.69, 9.17) is 11.6 Å². The van der Waals surface area contributed by atoms with E-state index in [9.17, 15) is 0 Å². The fourth-order valence-corrected chi connectivity index (χ4v) is 2.19. The molecule has 0 spiro atoms. The molecular formula is C12H22ClN3. The lowest BCUT2D eigenvalue weighted by atomic mass is 10.0. The van der Waals surface area contributed by atoms with Gasteiger partial charge in [-0.3, -0.25) is 4.68 Å². The van der Waals surface area contributed by atoms with Gasteiger partial charge in [0.25, 0.3) is 0 Å². The SMILES string of the molecule is CCCNC(CC(C)C)c1c(Cl)cnn1C. The summed E-state index contributed by atoms with van der Waals surface area (Å²) in [6, 6.07) is 0.306. The van der Waals surface area contributed by atoms with E-state index < -0.39 is 0 Å². The van der Waals surface area contributed by atoms with Crippen LogP contribution >= 0.6 is 11.6 Å². The summed E-state index contributed by atoms with van der Waals surface area (Å²) in [5.41, 5.74) is 1.10. The fraction of sp³-hybridized carbons (Fsp3) is 0.750. The van der Waals surface area contributed by atoms with Gasteiger partial charge in [-0.1, -0.05) is 32.4 Å². The smallest absolute Gasteiger partial charge is 0.0834 e. The molecule has 1 rings (SSSR count). The van der Waals surface area contributed by atoms with Crippen molar-refractivity contribution in [2.45, 2.75) is 39.7 Å². The molecule has 1 aromatic heterocycles. The predicted octanol–water partition coefficient (Wildman–Crippen LogP) is 3.16. The van der Waals surface area contributed by atoms with Crippen molar-refractivity contribution in [3.63, 3.8) is 0 Å². The van der Waals surface area contributed by atoms with Crippen molar-refractivity contribution in [1.82, 2.24) is 15.1 Å². The lowest BCUT2D eigenvalue weighted by Gasteiger charge is -2.21. The zero-order valence-electron chi connectivity index (χ0n) is 10.6. The van der Waals surface area contributed by atoms with E-state index in [1.807, 2.05) is 11.7 Å². The average Bonchev–Trinajstić information content (AvgIpc) is 2.53. The molecule has 0 aliphatic carbocycles. The second-order valence-corrected chi connectivity index (χ2v) is 5.04. The van der Waals surface area contributed by atoms with E-state index in [0.29, 0.717) is 12.0 Å². The zero-order valence-corrected chi connectivity index (χ0v) is 11.4. The van der Waals surface area contributed by atoms with Crippen LogP contribution in [-0.4, -0.2) is 16.3 Å². The Morgan fingerprint density at radius 2 is 2.19 bits per heavy atom. The normalized spacial score (nSPS) is 13.4. The van der Waals surface area contributed by atoms with Gasteiger partial charge in [-0.15, -0.1) is 0 Å². The Bertz CT molecular complexity index is 301. The molecule has 4 heteroatoms. The van der Waals surface area contributed by atoms with Crippen LogP contribution < -0.4 is 5.32 Å². The van der Waals surface area contributed by atoms with Gasteiger partial charge in [0.15, 0.2) is 0 Å². The standard InChI is InChI=1S/C12H22ClN3/c1-5-6-14-11(7-9(2)3)12-10(13)8-15-16(12)4/h8-9,11,14H,5-7H2,1-4H3. The van der Waals surface area contributed by atoms with Gasteiger partial charge < -0.3 is 5.32 Å². The Labute approximate surface area is 103 Å². The van der Waals surface area contributed by atoms with Crippen LogP contribution in [0.25, 0.3) is 0 Å². The second-order valence-electron chi connectivity index (χ2n) is 4.64. The quantitative estimate of drug-likeness (QED) is 0.832. The minimum Gasteiger partial charge on any atom is -0.309 e. The Hall–Kier alpha value is -0.540. The zero-order chi connectivity index (χ0) is 12.1. The lowest BCUT2D eigenvalue weighted by molar-refractivity contribution is 0.410. The number of aryl methyl sites for hydroxylation is 1. The number of nitrogens with zero attached hydrogens (tertiary/aromatic N) is 2. The topological polar surface area (TPSA) is 29.9 Å². The van der Waals surface area contributed by atoms with Crippen molar-refractivity contribution in [2.24, 2.45) is 13.0 Å². The number of aromatic nitrogens is 2. The number of halogens is 1. The van der Waals surface area contributed by atoms with E-state index in [1.54, 1.807) is 6.20 Å². The molecule has 0 fully saturated rings. The van der Waals surface area contributed by atoms with Crippen molar-refractivity contribution < 1.29 is 0 Å². The van der Waals surface area contributed by atoms with Gasteiger partial charge in [0.2, 0.25) is 0 Å². The van der Waals surface area contributed by atoms with Gasteiger partial charge in [-0.2, -0.15) is 5.10 Å². The molecule has 16 heavy (non-hydrogen) atoms. The summed E-state index contributed by atoms with van der Waals surface area (Å²) in [5.74, 6) is 0.639. The Balaban J connectivity index is 2.82. The molecule has 1 heterocycles. The molecule has 1 atom stereocenters. The first kappa shape index (κ1) is 13.5. The summed E-state index contributed by atoms with van der Waals surface area (Å²) in [4.78, 5) is 0. The molecule has 0 saturated carbocycles. The van der Waals surface area contributed by atoms with Crippen molar-refractivity contribution in [3.05, 3.63) is 16.9 Å². The number of hydrogen-bond donors (Lipinski definition) is 1. The molecule has 0 aromatic carbocycles. The molecule has 0 bridgehead atoms. The average molecular weight is 244 g/mol. The monoisotopic (exact) mass is 243 g/mol. The second kappa shape index (κ2) is 6.26. The molecule has 1 aromatic rings. The molecule has 0 aliphatic heterocycles. The molecule has 0 saturated heterocycles. The Kier molecular flexibility index (Phi) is 5.29. The molecule has 92 valence electrons. The van der Waals surface area contributed by atoms with E-state index >= 15 is 0 Å². The third-order valence-electron chi connectivity index (χ3n) is 2.62. The van der Waals surface area contributed by atoms with Crippen LogP contribution in [-0.2, 0) is 7.05 Å². The van der Waals surface area contributed by atoms with Crippen LogP contribution in [0.4, 0.5) is 0 Å². The Morgan fingerprint density at radius 3 is 2.62 bits per heavy atom. The maximum absolute atomic E-state index is 6.18. The molecule has 0 amide bonds. The largest absolute Gasteiger partial charge is 0.309 e. The fourth-order valence-electron chi connectivity index (χ4n) is 1.89. The molecule has 1 unspecified atom stereocenters. The van der Waals surface area contributed by atoms with Crippen LogP contribution in [0.5, 0.6) is 0 Å². The van der Waals surface area contributed by atoms with Crippen LogP contribution in [0.2, 0.25) is 5.02 Å². The Morgan fingerprint density at radius 1 is 1.50 bits per heavy atom. The van der Waals surface area contributed by atoms with Crippen LogP contribution in [0.3, 0.4) is 0 Å². The van der Waals surface area contributed by atoms with Crippen molar-refractivity contribution in [3.8, 4) is 0 Å². The predicted molar refractivity (Wildman–Crippen MR) is 68.7 cm³/mol. The summed E-state index contributed by atoms with van der Waals surface area (Å²) >= 11 is 6.18. The highest BCUT2D eigenvalue weighted by Crippen LogP contribution is 2.27. The van der Waals surface area contributed by atoms with E-state index in [-0.39, 0.29) is 0 Å². The van der Waals surface area contributed by atoms with Gasteiger partial charge in [-0.05, 0) is 25.3 Å². The van der Waals surface area contributed by atoms with Gasteiger partial charge >= 0.3 is 0 Å². The minimum atomic E-state index is 0.306. The van der Waals surface area contributed by atoms with Gasteiger partial charge in [0, 0.05) is 7.05 Å². The van der Waals surface area contributed by atoms with E-state index in [2.05, 4.69) is 31.2 Å². The highest BCUT2D eigenvalue weighted by atomic mass is 35.5. The van der Waals surface area contributed by atoms with Crippen LogP contribution in [0, 0.1) is 5.92 Å². The highest BCUT2D eigenvalue weighted by molar-refractivity contribution is 6.31. The van der Waals surface area contributed by atoms with Crippen molar-refractivity contribution in [2.75, 3.05) is 6.54 Å². The number of nitrogens with one attached hydrogen (secondary N) is 1. The summed E-state index contributed by atoms with van der Waals surface area (Å²) in [6.45, 7) is 7.64. The summed E-state index contributed by atoms with van der Waals surface area (Å²) in [7, 11) is 1.95. The lowest BCUT2D eigenvalue weighted by Crippen LogP contribution is -2.25. The summed E-state index contributed by atoms with van der Waals surface area (Å²) in [5, 5.41) is 8.50. The van der Waals surface area contributed by atoms with Crippen LogP contribution in [0.1, 0.15) is 45.3 Å². The van der Waals surface area contributed by atoms with Gasteiger partial charge in [0.1, 0.15) is 0 Å². The van der Waals surface area contributed by atoms with Gasteiger partial charge in [0.05, 0.1) is 23.0 Å². The van der Waals surface area contributed by atoms with Crippen molar-refractivity contribution in [1.29, 1.82) is 0 Å². The first-order valence-corrected chi connectivity index (χ1v) is 6.34. The molecule has 3 nitrogen and oxygen atoms in total. The minimum absolute atomic E-state index is 0.306. The summed E-state index contributed by atoms with van der Waals surface area (Å²) < 4.78 is 1.87. The first-order valence-electron chi connectivity index (χ1n) is 5.97. The first-order chi connectivity index (χ1) is 7.56. The molecule has 1 N–H and O–H groups in total. The maximum Gasteiger partial charge on any atom is 0.0834 e. The molecule has 0 aliphatic rings.